The van der Waals surface area contributed by atoms with Crippen LogP contribution in [0.5, 0.6) is 0 Å². The minimum atomic E-state index is 0.795. The van der Waals surface area contributed by atoms with Gasteiger partial charge in [-0.15, -0.1) is 0 Å². The van der Waals surface area contributed by atoms with Gasteiger partial charge in [0, 0.05) is 18.9 Å². The summed E-state index contributed by atoms with van der Waals surface area (Å²) in [6, 6.07) is 5.97. The average molecular weight is 255 g/mol. The van der Waals surface area contributed by atoms with Crippen LogP contribution in [0.4, 0.5) is 0 Å². The lowest BCUT2D eigenvalue weighted by atomic mass is 10.3. The Bertz CT molecular complexity index is 662. The summed E-state index contributed by atoms with van der Waals surface area (Å²) in [6.45, 7) is 4.98. The molecule has 19 heavy (non-hydrogen) atoms. The van der Waals surface area contributed by atoms with Gasteiger partial charge >= 0.3 is 0 Å². The first-order chi connectivity index (χ1) is 9.28. The molecule has 0 saturated heterocycles. The number of pyridine rings is 1. The lowest BCUT2D eigenvalue weighted by molar-refractivity contribution is 0.572. The van der Waals surface area contributed by atoms with Crippen molar-refractivity contribution < 1.29 is 0 Å². The molecule has 0 atom stereocenters. The second-order valence-electron chi connectivity index (χ2n) is 4.65. The Morgan fingerprint density at radius 1 is 1.21 bits per heavy atom. The fourth-order valence-electron chi connectivity index (χ4n) is 2.15. The highest BCUT2D eigenvalue weighted by atomic mass is 15.3. The summed E-state index contributed by atoms with van der Waals surface area (Å²) in [5, 5.41) is 4.45. The minimum Gasteiger partial charge on any atom is -0.306 e. The summed E-state index contributed by atoms with van der Waals surface area (Å²) in [6.07, 6.45) is 6.24. The van der Waals surface area contributed by atoms with Crippen LogP contribution in [0.1, 0.15) is 25.6 Å². The van der Waals surface area contributed by atoms with Gasteiger partial charge in [0.1, 0.15) is 17.2 Å². The van der Waals surface area contributed by atoms with Gasteiger partial charge < -0.3 is 4.40 Å². The second-order valence-corrected chi connectivity index (χ2v) is 4.65. The summed E-state index contributed by atoms with van der Waals surface area (Å²) >= 11 is 0. The number of nitrogens with zero attached hydrogens (tertiary/aromatic N) is 5. The zero-order valence-corrected chi connectivity index (χ0v) is 11.2. The highest BCUT2D eigenvalue weighted by Crippen LogP contribution is 2.17. The monoisotopic (exact) mass is 255 g/mol. The van der Waals surface area contributed by atoms with Crippen molar-refractivity contribution >= 4 is 5.65 Å². The Morgan fingerprint density at radius 2 is 2.11 bits per heavy atom. The molecule has 0 spiro atoms. The standard InChI is InChI=1S/C14H17N5/c1-3-4-9-19-14(15-11(2)17-19)12-10-18-8-6-5-7-13(18)16-12/h5-8,10H,3-4,9H2,1-2H3. The van der Waals surface area contributed by atoms with Crippen LogP contribution in [-0.4, -0.2) is 24.1 Å². The molecule has 0 radical (unpaired) electrons. The van der Waals surface area contributed by atoms with Crippen molar-refractivity contribution in [3.8, 4) is 11.5 Å². The minimum absolute atomic E-state index is 0.795. The molecule has 3 rings (SSSR count). The van der Waals surface area contributed by atoms with Crippen LogP contribution in [0.25, 0.3) is 17.2 Å². The second kappa shape index (κ2) is 4.84. The van der Waals surface area contributed by atoms with E-state index in [0.29, 0.717) is 0 Å². The van der Waals surface area contributed by atoms with Crippen molar-refractivity contribution in [2.75, 3.05) is 0 Å². The first kappa shape index (κ1) is 11.9. The molecule has 0 unspecified atom stereocenters. The maximum Gasteiger partial charge on any atom is 0.178 e. The molecule has 0 aliphatic heterocycles. The lowest BCUT2D eigenvalue weighted by Gasteiger charge is -2.01. The van der Waals surface area contributed by atoms with E-state index in [0.717, 1.165) is 42.4 Å². The zero-order valence-electron chi connectivity index (χ0n) is 11.2. The summed E-state index contributed by atoms with van der Waals surface area (Å²) in [5.74, 6) is 1.65. The van der Waals surface area contributed by atoms with Gasteiger partial charge in [-0.25, -0.2) is 14.6 Å². The van der Waals surface area contributed by atoms with E-state index in [2.05, 4.69) is 22.0 Å². The molecule has 98 valence electrons. The molecule has 0 aromatic carbocycles. The maximum absolute atomic E-state index is 4.60. The van der Waals surface area contributed by atoms with Crippen molar-refractivity contribution in [3.05, 3.63) is 36.4 Å². The number of aryl methyl sites for hydroxylation is 2. The predicted molar refractivity (Wildman–Crippen MR) is 73.9 cm³/mol. The molecule has 5 nitrogen and oxygen atoms in total. The van der Waals surface area contributed by atoms with E-state index < -0.39 is 0 Å². The van der Waals surface area contributed by atoms with E-state index >= 15 is 0 Å². The molecule has 0 aliphatic rings. The van der Waals surface area contributed by atoms with E-state index in [4.69, 9.17) is 0 Å². The number of hydrogen-bond donors (Lipinski definition) is 0. The fourth-order valence-corrected chi connectivity index (χ4v) is 2.15. The van der Waals surface area contributed by atoms with E-state index in [1.54, 1.807) is 0 Å². The van der Waals surface area contributed by atoms with Gasteiger partial charge in [0.2, 0.25) is 0 Å². The molecule has 0 saturated carbocycles. The van der Waals surface area contributed by atoms with E-state index in [-0.39, 0.29) is 0 Å². The molecular weight excluding hydrogens is 238 g/mol. The summed E-state index contributed by atoms with van der Waals surface area (Å²) in [4.78, 5) is 9.11. The number of rotatable bonds is 4. The summed E-state index contributed by atoms with van der Waals surface area (Å²) < 4.78 is 3.96. The number of hydrogen-bond acceptors (Lipinski definition) is 3. The Labute approximate surface area is 111 Å². The van der Waals surface area contributed by atoms with Crippen LogP contribution < -0.4 is 0 Å². The van der Waals surface area contributed by atoms with Gasteiger partial charge in [0.25, 0.3) is 0 Å². The van der Waals surface area contributed by atoms with E-state index in [1.165, 1.54) is 0 Å². The van der Waals surface area contributed by atoms with Crippen molar-refractivity contribution in [3.63, 3.8) is 0 Å². The van der Waals surface area contributed by atoms with Gasteiger partial charge in [0.15, 0.2) is 5.82 Å². The number of fused-ring (bicyclic) bond motifs is 1. The zero-order chi connectivity index (χ0) is 13.2. The largest absolute Gasteiger partial charge is 0.306 e. The molecule has 0 fully saturated rings. The molecule has 0 bridgehead atoms. The highest BCUT2D eigenvalue weighted by molar-refractivity contribution is 5.55. The van der Waals surface area contributed by atoms with Crippen LogP contribution in [0.3, 0.4) is 0 Å². The summed E-state index contributed by atoms with van der Waals surface area (Å²) in [5.41, 5.74) is 1.81. The molecule has 3 aromatic rings. The third-order valence-corrected chi connectivity index (χ3v) is 3.09. The van der Waals surface area contributed by atoms with Crippen LogP contribution in [0, 0.1) is 6.92 Å². The topological polar surface area (TPSA) is 48.0 Å². The molecule has 0 N–H and O–H groups in total. The Hall–Kier alpha value is -2.17. The maximum atomic E-state index is 4.60. The third-order valence-electron chi connectivity index (χ3n) is 3.09. The van der Waals surface area contributed by atoms with Gasteiger partial charge in [-0.1, -0.05) is 19.4 Å². The number of unbranched alkanes of at least 4 members (excludes halogenated alkanes) is 1. The molecule has 3 heterocycles. The first-order valence-corrected chi connectivity index (χ1v) is 6.63. The predicted octanol–water partition coefficient (Wildman–Crippen LogP) is 2.70. The van der Waals surface area contributed by atoms with Gasteiger partial charge in [-0.2, -0.15) is 5.10 Å². The van der Waals surface area contributed by atoms with Gasteiger partial charge in [-0.05, 0) is 25.5 Å². The fraction of sp³-hybridized carbons (Fsp3) is 0.357. The van der Waals surface area contributed by atoms with Crippen LogP contribution >= 0.6 is 0 Å². The smallest absolute Gasteiger partial charge is 0.178 e. The Morgan fingerprint density at radius 3 is 2.89 bits per heavy atom. The molecule has 5 heteroatoms. The third kappa shape index (κ3) is 2.23. The Balaban J connectivity index is 2.05. The quantitative estimate of drug-likeness (QED) is 0.720. The lowest BCUT2D eigenvalue weighted by Crippen LogP contribution is -2.02. The van der Waals surface area contributed by atoms with Crippen molar-refractivity contribution in [1.82, 2.24) is 24.1 Å². The molecule has 0 amide bonds. The SMILES string of the molecule is CCCCn1nc(C)nc1-c1cn2ccccc2n1. The Kier molecular flexibility index (Phi) is 3.03. The molecular formula is C14H17N5. The normalized spacial score (nSPS) is 11.3. The highest BCUT2D eigenvalue weighted by Gasteiger charge is 2.12. The van der Waals surface area contributed by atoms with Crippen molar-refractivity contribution in [2.24, 2.45) is 0 Å². The van der Waals surface area contributed by atoms with Crippen LogP contribution in [0.15, 0.2) is 30.6 Å². The van der Waals surface area contributed by atoms with Crippen molar-refractivity contribution in [2.45, 2.75) is 33.2 Å². The number of aromatic nitrogens is 5. The molecule has 3 aromatic heterocycles. The van der Waals surface area contributed by atoms with Gasteiger partial charge in [0.05, 0.1) is 0 Å². The van der Waals surface area contributed by atoms with Crippen LogP contribution in [0.2, 0.25) is 0 Å². The first-order valence-electron chi connectivity index (χ1n) is 6.63. The van der Waals surface area contributed by atoms with E-state index in [9.17, 15) is 0 Å². The average Bonchev–Trinajstić information content (AvgIpc) is 2.99. The van der Waals surface area contributed by atoms with Crippen molar-refractivity contribution in [1.29, 1.82) is 0 Å². The molecule has 0 aliphatic carbocycles. The summed E-state index contributed by atoms with van der Waals surface area (Å²) in [7, 11) is 0. The van der Waals surface area contributed by atoms with Gasteiger partial charge in [-0.3, -0.25) is 0 Å². The van der Waals surface area contributed by atoms with Crippen LogP contribution in [-0.2, 0) is 6.54 Å². The number of imidazole rings is 1. The van der Waals surface area contributed by atoms with E-state index in [1.807, 2.05) is 46.6 Å².